The molecule has 0 saturated carbocycles. The highest BCUT2D eigenvalue weighted by molar-refractivity contribution is 4.91. The van der Waals surface area contributed by atoms with Crippen LogP contribution in [0.1, 0.15) is 33.1 Å². The molecule has 0 spiro atoms. The van der Waals surface area contributed by atoms with Crippen LogP contribution in [-0.4, -0.2) is 26.3 Å². The average molecular weight is 210 g/mol. The van der Waals surface area contributed by atoms with Gasteiger partial charge in [0, 0.05) is 13.2 Å². The predicted molar refractivity (Wildman–Crippen MR) is 60.4 cm³/mol. The lowest BCUT2D eigenvalue weighted by molar-refractivity contribution is 0.104. The second-order valence-corrected chi connectivity index (χ2v) is 5.01. The molecule has 0 radical (unpaired) electrons. The van der Waals surface area contributed by atoms with Crippen molar-refractivity contribution < 1.29 is 4.74 Å². The first-order valence-corrected chi connectivity index (χ1v) is 5.84. The van der Waals surface area contributed by atoms with Gasteiger partial charge in [0.25, 0.3) is 0 Å². The maximum atomic E-state index is 8.81. The summed E-state index contributed by atoms with van der Waals surface area (Å²) < 4.78 is 5.55. The second-order valence-electron chi connectivity index (χ2n) is 5.01. The summed E-state index contributed by atoms with van der Waals surface area (Å²) >= 11 is 0. The summed E-state index contributed by atoms with van der Waals surface area (Å²) in [4.78, 5) is 0. The van der Waals surface area contributed by atoms with Crippen LogP contribution in [0.4, 0.5) is 0 Å². The molecule has 15 heavy (non-hydrogen) atoms. The van der Waals surface area contributed by atoms with Crippen LogP contribution < -0.4 is 5.32 Å². The van der Waals surface area contributed by atoms with Crippen LogP contribution in [-0.2, 0) is 4.74 Å². The molecule has 1 rings (SSSR count). The largest absolute Gasteiger partial charge is 0.381 e. The van der Waals surface area contributed by atoms with Crippen LogP contribution in [0.2, 0.25) is 0 Å². The fourth-order valence-corrected chi connectivity index (χ4v) is 1.70. The van der Waals surface area contributed by atoms with Gasteiger partial charge in [-0.1, -0.05) is 0 Å². The van der Waals surface area contributed by atoms with Crippen molar-refractivity contribution in [3.05, 3.63) is 0 Å². The third-order valence-corrected chi connectivity index (χ3v) is 3.01. The molecule has 86 valence electrons. The van der Waals surface area contributed by atoms with Gasteiger partial charge in [-0.2, -0.15) is 5.26 Å². The van der Waals surface area contributed by atoms with E-state index in [0.29, 0.717) is 6.61 Å². The van der Waals surface area contributed by atoms with E-state index in [4.69, 9.17) is 10.00 Å². The molecule has 0 aromatic heterocycles. The fraction of sp³-hybridized carbons (Fsp3) is 0.917. The highest BCUT2D eigenvalue weighted by Gasteiger charge is 2.16. The maximum absolute atomic E-state index is 8.81. The van der Waals surface area contributed by atoms with Gasteiger partial charge in [0.05, 0.1) is 11.5 Å². The zero-order valence-electron chi connectivity index (χ0n) is 9.88. The van der Waals surface area contributed by atoms with Crippen molar-refractivity contribution in [2.75, 3.05) is 26.3 Å². The number of rotatable bonds is 6. The van der Waals surface area contributed by atoms with Gasteiger partial charge in [0.1, 0.15) is 0 Å². The molecule has 0 bridgehead atoms. The Morgan fingerprint density at radius 3 is 2.87 bits per heavy atom. The van der Waals surface area contributed by atoms with E-state index < -0.39 is 0 Å². The predicted octanol–water partition coefficient (Wildman–Crippen LogP) is 1.94. The fourth-order valence-electron chi connectivity index (χ4n) is 1.70. The Bertz CT molecular complexity index is 214. The summed E-state index contributed by atoms with van der Waals surface area (Å²) in [5.41, 5.74) is -0.241. The first kappa shape index (κ1) is 12.5. The molecule has 0 aromatic rings. The lowest BCUT2D eigenvalue weighted by Gasteiger charge is -2.15. The number of hydrogen-bond donors (Lipinski definition) is 1. The smallest absolute Gasteiger partial charge is 0.0684 e. The van der Waals surface area contributed by atoms with Gasteiger partial charge < -0.3 is 10.1 Å². The van der Waals surface area contributed by atoms with E-state index in [0.717, 1.165) is 38.5 Å². The van der Waals surface area contributed by atoms with Gasteiger partial charge in [-0.3, -0.25) is 0 Å². The van der Waals surface area contributed by atoms with E-state index in [1.807, 2.05) is 13.8 Å². The molecule has 1 fully saturated rings. The Hall–Kier alpha value is -0.590. The lowest BCUT2D eigenvalue weighted by Crippen LogP contribution is -2.14. The molecule has 3 nitrogen and oxygen atoms in total. The van der Waals surface area contributed by atoms with Crippen LogP contribution in [0.25, 0.3) is 0 Å². The molecular weight excluding hydrogens is 188 g/mol. The summed E-state index contributed by atoms with van der Waals surface area (Å²) in [6.45, 7) is 7.77. The SMILES string of the molecule is CC(C)(C#N)CCOCCC1CCNC1. The van der Waals surface area contributed by atoms with E-state index in [9.17, 15) is 0 Å². The monoisotopic (exact) mass is 210 g/mol. The van der Waals surface area contributed by atoms with Crippen molar-refractivity contribution in [3.8, 4) is 6.07 Å². The van der Waals surface area contributed by atoms with Crippen LogP contribution >= 0.6 is 0 Å². The van der Waals surface area contributed by atoms with Crippen molar-refractivity contribution in [2.24, 2.45) is 11.3 Å². The molecular formula is C12H22N2O. The van der Waals surface area contributed by atoms with Crippen LogP contribution in [0, 0.1) is 22.7 Å². The van der Waals surface area contributed by atoms with Crippen molar-refractivity contribution in [2.45, 2.75) is 33.1 Å². The van der Waals surface area contributed by atoms with Crippen molar-refractivity contribution in [1.82, 2.24) is 5.32 Å². The number of nitrogens with one attached hydrogen (secondary N) is 1. The zero-order chi connectivity index (χ0) is 11.1. The minimum Gasteiger partial charge on any atom is -0.381 e. The van der Waals surface area contributed by atoms with Crippen LogP contribution in [0.15, 0.2) is 0 Å². The molecule has 3 heteroatoms. The van der Waals surface area contributed by atoms with Gasteiger partial charge >= 0.3 is 0 Å². The molecule has 1 unspecified atom stereocenters. The zero-order valence-corrected chi connectivity index (χ0v) is 9.88. The van der Waals surface area contributed by atoms with Crippen molar-refractivity contribution >= 4 is 0 Å². The Kier molecular flexibility index (Phi) is 5.07. The van der Waals surface area contributed by atoms with Gasteiger partial charge in [0.2, 0.25) is 0 Å². The summed E-state index contributed by atoms with van der Waals surface area (Å²) in [7, 11) is 0. The van der Waals surface area contributed by atoms with E-state index in [-0.39, 0.29) is 5.41 Å². The Morgan fingerprint density at radius 1 is 1.47 bits per heavy atom. The topological polar surface area (TPSA) is 45.0 Å². The summed E-state index contributed by atoms with van der Waals surface area (Å²) in [6, 6.07) is 2.28. The van der Waals surface area contributed by atoms with E-state index >= 15 is 0 Å². The third kappa shape index (κ3) is 5.15. The molecule has 1 heterocycles. The lowest BCUT2D eigenvalue weighted by atomic mass is 9.92. The number of ether oxygens (including phenoxy) is 1. The quantitative estimate of drug-likeness (QED) is 0.681. The van der Waals surface area contributed by atoms with Crippen LogP contribution in [0.5, 0.6) is 0 Å². The summed E-state index contributed by atoms with van der Waals surface area (Å²) in [5.74, 6) is 0.800. The molecule has 1 saturated heterocycles. The van der Waals surface area contributed by atoms with Gasteiger partial charge in [-0.15, -0.1) is 0 Å². The highest BCUT2D eigenvalue weighted by Crippen LogP contribution is 2.18. The highest BCUT2D eigenvalue weighted by atomic mass is 16.5. The molecule has 1 N–H and O–H groups in total. The van der Waals surface area contributed by atoms with Crippen molar-refractivity contribution in [1.29, 1.82) is 5.26 Å². The molecule has 0 aliphatic carbocycles. The molecule has 1 aliphatic heterocycles. The minimum atomic E-state index is -0.241. The molecule has 0 amide bonds. The van der Waals surface area contributed by atoms with Crippen molar-refractivity contribution in [3.63, 3.8) is 0 Å². The Balaban J connectivity index is 1.95. The number of hydrogen-bond acceptors (Lipinski definition) is 3. The van der Waals surface area contributed by atoms with Gasteiger partial charge in [0.15, 0.2) is 0 Å². The van der Waals surface area contributed by atoms with E-state index in [1.54, 1.807) is 0 Å². The minimum absolute atomic E-state index is 0.241. The van der Waals surface area contributed by atoms with Gasteiger partial charge in [-0.25, -0.2) is 0 Å². The molecule has 1 atom stereocenters. The summed E-state index contributed by atoms with van der Waals surface area (Å²) in [5, 5.41) is 12.2. The molecule has 1 aliphatic rings. The normalized spacial score (nSPS) is 21.5. The Labute approximate surface area is 92.8 Å². The van der Waals surface area contributed by atoms with Gasteiger partial charge in [-0.05, 0) is 52.1 Å². The average Bonchev–Trinajstić information content (AvgIpc) is 2.70. The summed E-state index contributed by atoms with van der Waals surface area (Å²) in [6.07, 6.45) is 3.26. The first-order valence-electron chi connectivity index (χ1n) is 5.84. The maximum Gasteiger partial charge on any atom is 0.0684 e. The number of nitriles is 1. The Morgan fingerprint density at radius 2 is 2.27 bits per heavy atom. The standard InChI is InChI=1S/C12H22N2O/c1-12(2,10-13)5-8-15-7-4-11-3-6-14-9-11/h11,14H,3-9H2,1-2H3. The van der Waals surface area contributed by atoms with E-state index in [2.05, 4.69) is 11.4 Å². The first-order chi connectivity index (χ1) is 7.14. The second kappa shape index (κ2) is 6.09. The van der Waals surface area contributed by atoms with Crippen LogP contribution in [0.3, 0.4) is 0 Å². The van der Waals surface area contributed by atoms with E-state index in [1.165, 1.54) is 6.42 Å². The molecule has 0 aromatic carbocycles. The third-order valence-electron chi connectivity index (χ3n) is 3.01. The number of nitrogens with zero attached hydrogens (tertiary/aromatic N) is 1.